The second kappa shape index (κ2) is 8.96. The fourth-order valence-corrected chi connectivity index (χ4v) is 2.97. The second-order valence-corrected chi connectivity index (χ2v) is 6.16. The van der Waals surface area contributed by atoms with E-state index in [1.807, 2.05) is 42.5 Å². The molecule has 2 N–H and O–H groups in total. The zero-order chi connectivity index (χ0) is 19.1. The van der Waals surface area contributed by atoms with Gasteiger partial charge in [0.05, 0.1) is 24.3 Å². The van der Waals surface area contributed by atoms with E-state index in [2.05, 4.69) is 10.6 Å². The van der Waals surface area contributed by atoms with Gasteiger partial charge in [-0.2, -0.15) is 0 Å². The van der Waals surface area contributed by atoms with E-state index in [1.165, 1.54) is 0 Å². The first-order valence-electron chi connectivity index (χ1n) is 8.81. The van der Waals surface area contributed by atoms with Crippen molar-refractivity contribution >= 4 is 28.3 Å². The van der Waals surface area contributed by atoms with E-state index >= 15 is 0 Å². The molecule has 0 saturated heterocycles. The average molecular weight is 362 g/mol. The van der Waals surface area contributed by atoms with E-state index in [4.69, 9.17) is 4.74 Å². The Balaban J connectivity index is 1.73. The Morgan fingerprint density at radius 2 is 1.67 bits per heavy atom. The number of para-hydroxylation sites is 1. The highest BCUT2D eigenvalue weighted by atomic mass is 16.5. The van der Waals surface area contributed by atoms with Gasteiger partial charge >= 0.3 is 0 Å². The summed E-state index contributed by atoms with van der Waals surface area (Å²) >= 11 is 0. The zero-order valence-electron chi connectivity index (χ0n) is 15.2. The zero-order valence-corrected chi connectivity index (χ0v) is 15.2. The number of fused-ring (bicyclic) bond motifs is 1. The molecule has 0 radical (unpaired) electrons. The van der Waals surface area contributed by atoms with Crippen molar-refractivity contribution in [3.05, 3.63) is 77.9 Å². The number of carbonyl (C=O) groups is 2. The Hall–Kier alpha value is -3.18. The Labute approximate surface area is 158 Å². The van der Waals surface area contributed by atoms with Crippen molar-refractivity contribution in [2.75, 3.05) is 25.6 Å². The third kappa shape index (κ3) is 4.71. The highest BCUT2D eigenvalue weighted by molar-refractivity contribution is 6.04. The minimum absolute atomic E-state index is 0.163. The van der Waals surface area contributed by atoms with Crippen molar-refractivity contribution in [1.29, 1.82) is 0 Å². The molecular formula is C22H22N2O3. The van der Waals surface area contributed by atoms with Crippen LogP contribution in [0.25, 0.3) is 10.8 Å². The average Bonchev–Trinajstić information content (AvgIpc) is 2.69. The Morgan fingerprint density at radius 1 is 0.926 bits per heavy atom. The van der Waals surface area contributed by atoms with Gasteiger partial charge in [-0.3, -0.25) is 9.59 Å². The summed E-state index contributed by atoms with van der Waals surface area (Å²) in [7, 11) is 1.58. The Kier molecular flexibility index (Phi) is 6.18. The van der Waals surface area contributed by atoms with Gasteiger partial charge in [-0.25, -0.2) is 0 Å². The van der Waals surface area contributed by atoms with Crippen molar-refractivity contribution in [1.82, 2.24) is 5.32 Å². The molecule has 0 fully saturated rings. The second-order valence-electron chi connectivity index (χ2n) is 6.16. The molecule has 0 aliphatic rings. The van der Waals surface area contributed by atoms with Gasteiger partial charge in [-0.05, 0) is 28.5 Å². The number of anilines is 1. The van der Waals surface area contributed by atoms with Crippen LogP contribution < -0.4 is 10.6 Å². The van der Waals surface area contributed by atoms with E-state index < -0.39 is 0 Å². The first-order chi connectivity index (χ1) is 13.2. The first kappa shape index (κ1) is 18.6. The third-order valence-electron chi connectivity index (χ3n) is 4.27. The smallest absolute Gasteiger partial charge is 0.253 e. The van der Waals surface area contributed by atoms with Crippen LogP contribution in [0.15, 0.2) is 66.7 Å². The lowest BCUT2D eigenvalue weighted by molar-refractivity contribution is -0.115. The number of benzene rings is 3. The number of hydrogen-bond acceptors (Lipinski definition) is 3. The largest absolute Gasteiger partial charge is 0.383 e. The van der Waals surface area contributed by atoms with Crippen LogP contribution in [0.5, 0.6) is 0 Å². The Morgan fingerprint density at radius 3 is 2.52 bits per heavy atom. The molecule has 138 valence electrons. The summed E-state index contributed by atoms with van der Waals surface area (Å²) < 4.78 is 4.94. The van der Waals surface area contributed by atoms with Crippen molar-refractivity contribution in [3.63, 3.8) is 0 Å². The summed E-state index contributed by atoms with van der Waals surface area (Å²) in [6, 6.07) is 20.9. The third-order valence-corrected chi connectivity index (χ3v) is 4.27. The molecule has 0 unspecified atom stereocenters. The van der Waals surface area contributed by atoms with Crippen LogP contribution in [-0.4, -0.2) is 32.1 Å². The summed E-state index contributed by atoms with van der Waals surface area (Å²) in [6.45, 7) is 0.842. The molecular weight excluding hydrogens is 340 g/mol. The monoisotopic (exact) mass is 362 g/mol. The molecule has 3 aromatic rings. The lowest BCUT2D eigenvalue weighted by Gasteiger charge is -2.12. The van der Waals surface area contributed by atoms with E-state index in [0.29, 0.717) is 24.4 Å². The van der Waals surface area contributed by atoms with Crippen LogP contribution in [0.3, 0.4) is 0 Å². The molecule has 3 rings (SSSR count). The summed E-state index contributed by atoms with van der Waals surface area (Å²) in [5, 5.41) is 7.79. The molecule has 0 aliphatic heterocycles. The lowest BCUT2D eigenvalue weighted by Crippen LogP contribution is -2.28. The van der Waals surface area contributed by atoms with E-state index in [9.17, 15) is 9.59 Å². The summed E-state index contributed by atoms with van der Waals surface area (Å²) in [4.78, 5) is 24.9. The van der Waals surface area contributed by atoms with Crippen molar-refractivity contribution in [2.45, 2.75) is 6.42 Å². The molecule has 0 saturated carbocycles. The van der Waals surface area contributed by atoms with Gasteiger partial charge in [-0.15, -0.1) is 0 Å². The van der Waals surface area contributed by atoms with Crippen molar-refractivity contribution in [2.24, 2.45) is 0 Å². The van der Waals surface area contributed by atoms with Crippen molar-refractivity contribution in [3.8, 4) is 0 Å². The maximum Gasteiger partial charge on any atom is 0.253 e. The topological polar surface area (TPSA) is 67.4 Å². The minimum atomic E-state index is -0.242. The summed E-state index contributed by atoms with van der Waals surface area (Å²) in [5.74, 6) is -0.406. The van der Waals surface area contributed by atoms with Crippen LogP contribution in [0, 0.1) is 0 Å². The van der Waals surface area contributed by atoms with Crippen LogP contribution >= 0.6 is 0 Å². The van der Waals surface area contributed by atoms with Gasteiger partial charge in [0.1, 0.15) is 0 Å². The highest BCUT2D eigenvalue weighted by Crippen LogP contribution is 2.20. The van der Waals surface area contributed by atoms with Crippen LogP contribution in [0.1, 0.15) is 15.9 Å². The standard InChI is InChI=1S/C22H22N2O3/c1-27-14-13-23-22(26)19-11-4-5-12-20(19)24-21(25)15-17-9-6-8-16-7-2-3-10-18(16)17/h2-12H,13-15H2,1H3,(H,23,26)(H,24,25). The Bertz CT molecular complexity index is 948. The highest BCUT2D eigenvalue weighted by Gasteiger charge is 2.13. The molecule has 0 aromatic heterocycles. The van der Waals surface area contributed by atoms with Gasteiger partial charge in [0.2, 0.25) is 5.91 Å². The molecule has 3 aromatic carbocycles. The maximum absolute atomic E-state index is 12.6. The van der Waals surface area contributed by atoms with Gasteiger partial charge in [0, 0.05) is 13.7 Å². The molecule has 0 spiro atoms. The molecule has 0 aliphatic carbocycles. The number of ether oxygens (including phenoxy) is 1. The van der Waals surface area contributed by atoms with Crippen LogP contribution in [0.2, 0.25) is 0 Å². The quantitative estimate of drug-likeness (QED) is 0.633. The number of amides is 2. The number of methoxy groups -OCH3 is 1. The molecule has 0 heterocycles. The molecule has 2 amide bonds. The normalized spacial score (nSPS) is 10.6. The maximum atomic E-state index is 12.6. The number of rotatable bonds is 7. The van der Waals surface area contributed by atoms with Crippen LogP contribution in [-0.2, 0) is 16.0 Å². The van der Waals surface area contributed by atoms with Gasteiger partial charge in [0.25, 0.3) is 5.91 Å². The van der Waals surface area contributed by atoms with E-state index in [1.54, 1.807) is 31.4 Å². The summed E-state index contributed by atoms with van der Waals surface area (Å²) in [6.07, 6.45) is 0.237. The van der Waals surface area contributed by atoms with Gasteiger partial charge in [-0.1, -0.05) is 54.6 Å². The first-order valence-corrected chi connectivity index (χ1v) is 8.81. The van der Waals surface area contributed by atoms with E-state index in [-0.39, 0.29) is 18.2 Å². The number of carbonyl (C=O) groups excluding carboxylic acids is 2. The van der Waals surface area contributed by atoms with Gasteiger partial charge < -0.3 is 15.4 Å². The van der Waals surface area contributed by atoms with Gasteiger partial charge in [0.15, 0.2) is 0 Å². The fraction of sp³-hybridized carbons (Fsp3) is 0.182. The molecule has 27 heavy (non-hydrogen) atoms. The van der Waals surface area contributed by atoms with E-state index in [0.717, 1.165) is 16.3 Å². The molecule has 0 atom stereocenters. The molecule has 5 heteroatoms. The fourth-order valence-electron chi connectivity index (χ4n) is 2.97. The number of hydrogen-bond donors (Lipinski definition) is 2. The SMILES string of the molecule is COCCNC(=O)c1ccccc1NC(=O)Cc1cccc2ccccc12. The summed E-state index contributed by atoms with van der Waals surface area (Å²) in [5.41, 5.74) is 1.88. The van der Waals surface area contributed by atoms with Crippen LogP contribution in [0.4, 0.5) is 5.69 Å². The lowest BCUT2D eigenvalue weighted by atomic mass is 10.0. The predicted octanol–water partition coefficient (Wildman–Crippen LogP) is 3.40. The molecule has 5 nitrogen and oxygen atoms in total. The predicted molar refractivity (Wildman–Crippen MR) is 107 cm³/mol. The van der Waals surface area contributed by atoms with Crippen molar-refractivity contribution < 1.29 is 14.3 Å². The molecule has 0 bridgehead atoms. The minimum Gasteiger partial charge on any atom is -0.383 e. The number of nitrogens with one attached hydrogen (secondary N) is 2.